The minimum atomic E-state index is 0.0381. The van der Waals surface area contributed by atoms with Crippen LogP contribution in [0.15, 0.2) is 0 Å². The summed E-state index contributed by atoms with van der Waals surface area (Å²) in [6, 6.07) is 0. The molecule has 3 heteroatoms. The Morgan fingerprint density at radius 1 is 0.615 bits per heavy atom. The van der Waals surface area contributed by atoms with Crippen molar-refractivity contribution in [2.45, 2.75) is 123 Å². The van der Waals surface area contributed by atoms with Crippen molar-refractivity contribution in [2.75, 3.05) is 15.5 Å². The molecule has 0 rings (SSSR count). The molecular weight excluding hydrogens is 435 g/mol. The predicted octanol–water partition coefficient (Wildman–Crippen LogP) is 4.29. The number of alkyl halides is 2. The molecule has 0 spiro atoms. The Hall–Kier alpha value is 0.200. The van der Waals surface area contributed by atoms with E-state index in [2.05, 4.69) is 13.8 Å². The fourth-order valence-corrected chi connectivity index (χ4v) is 4.42. The molecule has 0 atom stereocenters. The SMILES string of the molecule is CCCCCCCCCCCCCCCCCCCOC(=O)C[I-]CC. The first-order chi connectivity index (χ1) is 12.8. The molecule has 0 aliphatic carbocycles. The number of halogens is 1. The van der Waals surface area contributed by atoms with E-state index in [9.17, 15) is 4.79 Å². The van der Waals surface area contributed by atoms with Gasteiger partial charge in [0.2, 0.25) is 0 Å². The van der Waals surface area contributed by atoms with Gasteiger partial charge in [0.1, 0.15) is 0 Å². The van der Waals surface area contributed by atoms with Crippen LogP contribution in [0.25, 0.3) is 0 Å². The molecule has 0 bridgehead atoms. The van der Waals surface area contributed by atoms with E-state index in [1.807, 2.05) is 0 Å². The van der Waals surface area contributed by atoms with Gasteiger partial charge in [-0.25, -0.2) is 0 Å². The molecule has 0 amide bonds. The number of rotatable bonds is 21. The van der Waals surface area contributed by atoms with Crippen LogP contribution in [-0.4, -0.2) is 21.4 Å². The Balaban J connectivity index is 3.04. The number of ether oxygens (including phenoxy) is 1. The van der Waals surface area contributed by atoms with Crippen LogP contribution in [0.1, 0.15) is 123 Å². The Morgan fingerprint density at radius 3 is 1.38 bits per heavy atom. The van der Waals surface area contributed by atoms with E-state index in [0.717, 1.165) is 6.42 Å². The van der Waals surface area contributed by atoms with E-state index in [4.69, 9.17) is 4.74 Å². The molecule has 2 nitrogen and oxygen atoms in total. The van der Waals surface area contributed by atoms with Crippen LogP contribution >= 0.6 is 0 Å². The van der Waals surface area contributed by atoms with Gasteiger partial charge < -0.3 is 0 Å². The van der Waals surface area contributed by atoms with Crippen molar-refractivity contribution in [1.82, 2.24) is 0 Å². The molecule has 158 valence electrons. The number of unbranched alkanes of at least 4 members (excludes halogenated alkanes) is 16. The van der Waals surface area contributed by atoms with Crippen LogP contribution in [0.2, 0.25) is 0 Å². The van der Waals surface area contributed by atoms with Gasteiger partial charge in [-0.1, -0.05) is 64.7 Å². The van der Waals surface area contributed by atoms with Gasteiger partial charge in [0.05, 0.1) is 0 Å². The van der Waals surface area contributed by atoms with Gasteiger partial charge in [0.15, 0.2) is 0 Å². The van der Waals surface area contributed by atoms with Crippen molar-refractivity contribution >= 4 is 5.97 Å². The molecule has 0 aliphatic rings. The normalized spacial score (nSPS) is 11.2. The molecule has 0 radical (unpaired) electrons. The van der Waals surface area contributed by atoms with Gasteiger partial charge in [0, 0.05) is 0 Å². The minimum absolute atomic E-state index is 0.0381. The van der Waals surface area contributed by atoms with Gasteiger partial charge in [-0.2, -0.15) is 0 Å². The molecule has 0 aromatic carbocycles. The Bertz CT molecular complexity index is 281. The van der Waals surface area contributed by atoms with Gasteiger partial charge in [0.25, 0.3) is 0 Å². The third-order valence-corrected chi connectivity index (χ3v) is 7.14. The number of hydrogen-bond acceptors (Lipinski definition) is 2. The molecule has 0 N–H and O–H groups in total. The predicted molar refractivity (Wildman–Crippen MR) is 111 cm³/mol. The van der Waals surface area contributed by atoms with Crippen LogP contribution in [-0.2, 0) is 9.53 Å². The standard InChI is InChI=1S/C23H46IO2/c1-3-5-6-7-8-9-10-11-12-13-14-15-16-17-18-19-20-21-26-23(25)22-24-4-2/h3-22H2,1-2H3/q-1. The second kappa shape index (κ2) is 23.2. The van der Waals surface area contributed by atoms with E-state index in [1.165, 1.54) is 107 Å². The summed E-state index contributed by atoms with van der Waals surface area (Å²) in [6.07, 6.45) is 23.5. The monoisotopic (exact) mass is 481 g/mol. The quantitative estimate of drug-likeness (QED) is 0.106. The average molecular weight is 482 g/mol. The summed E-state index contributed by atoms with van der Waals surface area (Å²) in [5, 5.41) is 0. The summed E-state index contributed by atoms with van der Waals surface area (Å²) < 4.78 is 7.13. The van der Waals surface area contributed by atoms with Crippen molar-refractivity contribution < 1.29 is 30.7 Å². The molecule has 0 heterocycles. The van der Waals surface area contributed by atoms with Gasteiger partial charge in [-0.05, 0) is 0 Å². The van der Waals surface area contributed by atoms with Crippen LogP contribution in [0, 0.1) is 0 Å². The third kappa shape index (κ3) is 22.2. The van der Waals surface area contributed by atoms with E-state index in [-0.39, 0.29) is 27.2 Å². The summed E-state index contributed by atoms with van der Waals surface area (Å²) in [5.41, 5.74) is 0. The zero-order valence-corrected chi connectivity index (χ0v) is 20.0. The number of hydrogen-bond donors (Lipinski definition) is 0. The number of carbonyl (C=O) groups excluding carboxylic acids is 1. The fourth-order valence-electron chi connectivity index (χ4n) is 3.22. The van der Waals surface area contributed by atoms with Crippen LogP contribution in [0.3, 0.4) is 0 Å². The second-order valence-corrected chi connectivity index (χ2v) is 10.8. The molecule has 0 aromatic heterocycles. The topological polar surface area (TPSA) is 26.3 Å². The summed E-state index contributed by atoms with van der Waals surface area (Å²) in [7, 11) is 0. The first kappa shape index (κ1) is 26.2. The summed E-state index contributed by atoms with van der Waals surface area (Å²) in [4.78, 5) is 11.4. The molecule has 26 heavy (non-hydrogen) atoms. The van der Waals surface area contributed by atoms with Crippen molar-refractivity contribution in [3.63, 3.8) is 0 Å². The van der Waals surface area contributed by atoms with Crippen LogP contribution < -0.4 is 21.2 Å². The third-order valence-electron chi connectivity index (χ3n) is 4.90. The molecular formula is C23H46IO2-. The second-order valence-electron chi connectivity index (χ2n) is 7.47. The van der Waals surface area contributed by atoms with Crippen LogP contribution in [0.4, 0.5) is 0 Å². The first-order valence-electron chi connectivity index (χ1n) is 11.5. The average Bonchev–Trinajstić information content (AvgIpc) is 2.65. The van der Waals surface area contributed by atoms with E-state index >= 15 is 0 Å². The molecule has 0 unspecified atom stereocenters. The van der Waals surface area contributed by atoms with Gasteiger partial charge in [-0.3, -0.25) is 0 Å². The molecule has 0 fully saturated rings. The fraction of sp³-hybridized carbons (Fsp3) is 0.957. The summed E-state index contributed by atoms with van der Waals surface area (Å²) in [5.74, 6) is 0.0381. The summed E-state index contributed by atoms with van der Waals surface area (Å²) >= 11 is 0.0648. The Kier molecular flexibility index (Phi) is 23.4. The van der Waals surface area contributed by atoms with Crippen molar-refractivity contribution in [3.8, 4) is 0 Å². The zero-order valence-electron chi connectivity index (χ0n) is 17.8. The maximum atomic E-state index is 11.4. The van der Waals surface area contributed by atoms with Crippen molar-refractivity contribution in [3.05, 3.63) is 0 Å². The Morgan fingerprint density at radius 2 is 1.00 bits per heavy atom. The van der Waals surface area contributed by atoms with Crippen LogP contribution in [0.5, 0.6) is 0 Å². The van der Waals surface area contributed by atoms with E-state index < -0.39 is 0 Å². The number of esters is 1. The maximum absolute atomic E-state index is 11.4. The molecule has 0 saturated carbocycles. The molecule has 0 saturated heterocycles. The number of carbonyl (C=O) groups is 1. The van der Waals surface area contributed by atoms with E-state index in [0.29, 0.717) is 11.0 Å². The van der Waals surface area contributed by atoms with E-state index in [1.54, 1.807) is 0 Å². The van der Waals surface area contributed by atoms with Gasteiger partial charge >= 0.3 is 110 Å². The molecule has 0 aromatic rings. The Labute approximate surface area is 174 Å². The molecule has 0 aliphatic heterocycles. The van der Waals surface area contributed by atoms with Crippen molar-refractivity contribution in [2.24, 2.45) is 0 Å². The van der Waals surface area contributed by atoms with Gasteiger partial charge in [-0.15, -0.1) is 0 Å². The summed E-state index contributed by atoms with van der Waals surface area (Å²) in [6.45, 7) is 5.08. The van der Waals surface area contributed by atoms with Crippen molar-refractivity contribution in [1.29, 1.82) is 0 Å². The first-order valence-corrected chi connectivity index (χ1v) is 14.6. The zero-order chi connectivity index (χ0) is 19.1.